The van der Waals surface area contributed by atoms with Crippen molar-refractivity contribution in [3.63, 3.8) is 0 Å². The van der Waals surface area contributed by atoms with Crippen molar-refractivity contribution in [2.75, 3.05) is 22.5 Å². The molecular formula is C22H22N4O6S. The van der Waals surface area contributed by atoms with E-state index in [0.717, 1.165) is 0 Å². The number of amides is 3. The van der Waals surface area contributed by atoms with Crippen molar-refractivity contribution in [1.29, 1.82) is 0 Å². The molecule has 0 saturated heterocycles. The van der Waals surface area contributed by atoms with Gasteiger partial charge in [-0.15, -0.1) is 0 Å². The largest absolute Gasteiger partial charge is 0.459 e. The standard InChI is InChI=1S/C22H22N4O6S/c1-15(27)24-16-7-9-19(10-8-16)33(30,31)23-12-11-21(28)25-17-4-2-5-18(14-17)26-22(29)20-6-3-13-32-20/h2-10,13-14,23H,11-12H2,1H3,(H,24,27)(H,25,28)(H,26,29). The highest BCUT2D eigenvalue weighted by atomic mass is 32.2. The molecular weight excluding hydrogens is 448 g/mol. The SMILES string of the molecule is CC(=O)Nc1ccc(S(=O)(=O)NCCC(=O)Nc2cccc(NC(=O)c3ccco3)c2)cc1. The fourth-order valence-electron chi connectivity index (χ4n) is 2.80. The highest BCUT2D eigenvalue weighted by Gasteiger charge is 2.15. The molecule has 0 saturated carbocycles. The number of carbonyl (C=O) groups excluding carboxylic acids is 3. The van der Waals surface area contributed by atoms with Gasteiger partial charge in [0.2, 0.25) is 21.8 Å². The second-order valence-electron chi connectivity index (χ2n) is 6.91. The van der Waals surface area contributed by atoms with Crippen LogP contribution in [0.1, 0.15) is 23.9 Å². The van der Waals surface area contributed by atoms with E-state index in [4.69, 9.17) is 4.42 Å². The first-order valence-corrected chi connectivity index (χ1v) is 11.3. The van der Waals surface area contributed by atoms with Gasteiger partial charge in [0, 0.05) is 37.0 Å². The minimum atomic E-state index is -3.81. The molecule has 0 aliphatic heterocycles. The van der Waals surface area contributed by atoms with E-state index in [1.807, 2.05) is 0 Å². The highest BCUT2D eigenvalue weighted by Crippen LogP contribution is 2.17. The number of rotatable bonds is 9. The third kappa shape index (κ3) is 7.02. The van der Waals surface area contributed by atoms with Gasteiger partial charge in [0.25, 0.3) is 5.91 Å². The summed E-state index contributed by atoms with van der Waals surface area (Å²) in [7, 11) is -3.81. The molecule has 11 heteroatoms. The number of carbonyl (C=O) groups is 3. The molecule has 2 aromatic carbocycles. The molecule has 0 radical (unpaired) electrons. The van der Waals surface area contributed by atoms with Crippen LogP contribution in [0.15, 0.2) is 76.2 Å². The first kappa shape index (κ1) is 23.7. The number of benzene rings is 2. The van der Waals surface area contributed by atoms with Crippen LogP contribution < -0.4 is 20.7 Å². The monoisotopic (exact) mass is 470 g/mol. The van der Waals surface area contributed by atoms with Crippen LogP contribution in [0.5, 0.6) is 0 Å². The molecule has 0 aliphatic carbocycles. The third-order valence-electron chi connectivity index (χ3n) is 4.28. The maximum atomic E-state index is 12.4. The Morgan fingerprint density at radius 2 is 1.55 bits per heavy atom. The predicted octanol–water partition coefficient (Wildman–Crippen LogP) is 2.80. The van der Waals surface area contributed by atoms with E-state index in [1.54, 1.807) is 30.3 Å². The molecule has 172 valence electrons. The lowest BCUT2D eigenvalue weighted by Gasteiger charge is -2.10. The van der Waals surface area contributed by atoms with E-state index >= 15 is 0 Å². The minimum absolute atomic E-state index is 0.0111. The Morgan fingerprint density at radius 3 is 2.18 bits per heavy atom. The summed E-state index contributed by atoms with van der Waals surface area (Å²) >= 11 is 0. The molecule has 0 unspecified atom stereocenters. The van der Waals surface area contributed by atoms with Crippen molar-refractivity contribution in [2.24, 2.45) is 0 Å². The molecule has 0 aliphatic rings. The Hall–Kier alpha value is -3.96. The van der Waals surface area contributed by atoms with Gasteiger partial charge in [0.05, 0.1) is 11.2 Å². The fourth-order valence-corrected chi connectivity index (χ4v) is 3.83. The van der Waals surface area contributed by atoms with Crippen LogP contribution in [0.2, 0.25) is 0 Å². The number of hydrogen-bond donors (Lipinski definition) is 4. The van der Waals surface area contributed by atoms with Crippen LogP contribution in [-0.2, 0) is 19.6 Å². The lowest BCUT2D eigenvalue weighted by Crippen LogP contribution is -2.27. The van der Waals surface area contributed by atoms with Crippen LogP contribution in [0, 0.1) is 0 Å². The van der Waals surface area contributed by atoms with Crippen molar-refractivity contribution in [3.8, 4) is 0 Å². The molecule has 3 aromatic rings. The molecule has 33 heavy (non-hydrogen) atoms. The quantitative estimate of drug-likeness (QED) is 0.378. The molecule has 1 heterocycles. The number of sulfonamides is 1. The van der Waals surface area contributed by atoms with Crippen molar-refractivity contribution in [3.05, 3.63) is 72.7 Å². The smallest absolute Gasteiger partial charge is 0.291 e. The lowest BCUT2D eigenvalue weighted by molar-refractivity contribution is -0.116. The van der Waals surface area contributed by atoms with E-state index in [9.17, 15) is 22.8 Å². The van der Waals surface area contributed by atoms with E-state index in [-0.39, 0.29) is 29.5 Å². The zero-order valence-electron chi connectivity index (χ0n) is 17.6. The summed E-state index contributed by atoms with van der Waals surface area (Å²) in [6, 6.07) is 15.3. The molecule has 0 bridgehead atoms. The van der Waals surface area contributed by atoms with E-state index in [2.05, 4.69) is 20.7 Å². The fraction of sp³-hybridized carbons (Fsp3) is 0.136. The Labute approximate surface area is 190 Å². The van der Waals surface area contributed by atoms with E-state index in [0.29, 0.717) is 17.1 Å². The maximum absolute atomic E-state index is 12.4. The molecule has 0 fully saturated rings. The lowest BCUT2D eigenvalue weighted by atomic mass is 10.2. The van der Waals surface area contributed by atoms with Gasteiger partial charge in [-0.25, -0.2) is 13.1 Å². The Bertz CT molecular complexity index is 1240. The van der Waals surface area contributed by atoms with E-state index < -0.39 is 21.8 Å². The average Bonchev–Trinajstić information content (AvgIpc) is 3.29. The summed E-state index contributed by atoms with van der Waals surface area (Å²) in [4.78, 5) is 35.3. The van der Waals surface area contributed by atoms with Crippen LogP contribution in [0.3, 0.4) is 0 Å². The zero-order valence-corrected chi connectivity index (χ0v) is 18.4. The van der Waals surface area contributed by atoms with Crippen LogP contribution >= 0.6 is 0 Å². The molecule has 0 spiro atoms. The normalized spacial score (nSPS) is 10.9. The van der Waals surface area contributed by atoms with Crippen molar-refractivity contribution in [1.82, 2.24) is 4.72 Å². The Morgan fingerprint density at radius 1 is 0.848 bits per heavy atom. The summed E-state index contributed by atoms with van der Waals surface area (Å²) in [6.45, 7) is 1.24. The summed E-state index contributed by atoms with van der Waals surface area (Å²) in [5.41, 5.74) is 1.37. The molecule has 3 amide bonds. The maximum Gasteiger partial charge on any atom is 0.291 e. The van der Waals surface area contributed by atoms with Gasteiger partial charge in [-0.3, -0.25) is 14.4 Å². The molecule has 0 atom stereocenters. The van der Waals surface area contributed by atoms with Crippen LogP contribution in [-0.4, -0.2) is 32.7 Å². The van der Waals surface area contributed by atoms with E-state index in [1.165, 1.54) is 43.5 Å². The first-order valence-electron chi connectivity index (χ1n) is 9.85. The summed E-state index contributed by atoms with van der Waals surface area (Å²) < 4.78 is 32.1. The average molecular weight is 471 g/mol. The van der Waals surface area contributed by atoms with Gasteiger partial charge in [-0.05, 0) is 54.6 Å². The summed E-state index contributed by atoms with van der Waals surface area (Å²) in [6.07, 6.45) is 1.28. The van der Waals surface area contributed by atoms with Gasteiger partial charge >= 0.3 is 0 Å². The van der Waals surface area contributed by atoms with Crippen molar-refractivity contribution < 1.29 is 27.2 Å². The topological polar surface area (TPSA) is 147 Å². The number of nitrogens with one attached hydrogen (secondary N) is 4. The van der Waals surface area contributed by atoms with Gasteiger partial charge in [0.15, 0.2) is 5.76 Å². The number of furan rings is 1. The van der Waals surface area contributed by atoms with Gasteiger partial charge in [-0.1, -0.05) is 6.07 Å². The molecule has 4 N–H and O–H groups in total. The van der Waals surface area contributed by atoms with Crippen LogP contribution in [0.25, 0.3) is 0 Å². The van der Waals surface area contributed by atoms with Crippen molar-refractivity contribution >= 4 is 44.8 Å². The van der Waals surface area contributed by atoms with Gasteiger partial charge in [-0.2, -0.15) is 0 Å². The molecule has 10 nitrogen and oxygen atoms in total. The van der Waals surface area contributed by atoms with Gasteiger partial charge in [0.1, 0.15) is 0 Å². The molecule has 3 rings (SSSR count). The minimum Gasteiger partial charge on any atom is -0.459 e. The highest BCUT2D eigenvalue weighted by molar-refractivity contribution is 7.89. The number of hydrogen-bond acceptors (Lipinski definition) is 6. The first-order chi connectivity index (χ1) is 15.7. The molecule has 1 aromatic heterocycles. The number of anilines is 3. The second-order valence-corrected chi connectivity index (χ2v) is 8.68. The second kappa shape index (κ2) is 10.6. The van der Waals surface area contributed by atoms with Crippen molar-refractivity contribution in [2.45, 2.75) is 18.2 Å². The summed E-state index contributed by atoms with van der Waals surface area (Å²) in [5.74, 6) is -0.946. The predicted molar refractivity (Wildman–Crippen MR) is 122 cm³/mol. The Kier molecular flexibility index (Phi) is 7.59. The van der Waals surface area contributed by atoms with Crippen LogP contribution in [0.4, 0.5) is 17.1 Å². The zero-order chi connectivity index (χ0) is 23.8. The summed E-state index contributed by atoms with van der Waals surface area (Å²) in [5, 5.41) is 7.86. The Balaban J connectivity index is 1.50. The van der Waals surface area contributed by atoms with Gasteiger partial charge < -0.3 is 20.4 Å². The third-order valence-corrected chi connectivity index (χ3v) is 5.76.